The number of nitrogens with one attached hydrogen (secondary N) is 1. The van der Waals surface area contributed by atoms with Crippen LogP contribution in [0, 0.1) is 0 Å². The molecule has 2 aliphatic heterocycles. The number of hydrogen-bond donors (Lipinski definition) is 1. The highest BCUT2D eigenvalue weighted by Crippen LogP contribution is 2.21. The lowest BCUT2D eigenvalue weighted by Gasteiger charge is -2.45. The molecule has 2 saturated heterocycles. The molecule has 0 bridgehead atoms. The Morgan fingerprint density at radius 1 is 1.05 bits per heavy atom. The van der Waals surface area contributed by atoms with Gasteiger partial charge in [0.2, 0.25) is 0 Å². The minimum absolute atomic E-state index is 0.0107. The normalized spacial score (nSPS) is 20.7. The van der Waals surface area contributed by atoms with Crippen molar-refractivity contribution in [1.82, 2.24) is 9.80 Å². The molecule has 2 aliphatic rings. The van der Waals surface area contributed by atoms with Crippen LogP contribution in [-0.4, -0.2) is 48.1 Å². The number of urea groups is 1. The molecule has 1 aromatic rings. The van der Waals surface area contributed by atoms with E-state index >= 15 is 0 Å². The molecule has 0 radical (unpaired) electrons. The first-order chi connectivity index (χ1) is 10.2. The largest absolute Gasteiger partial charge is 0.321 e. The zero-order valence-electron chi connectivity index (χ0n) is 12.2. The molecule has 0 saturated carbocycles. The lowest BCUT2D eigenvalue weighted by atomic mass is 10.1. The molecular formula is C16H22ClN3O. The monoisotopic (exact) mass is 307 g/mol. The summed E-state index contributed by atoms with van der Waals surface area (Å²) in [5.41, 5.74) is 0.794. The molecule has 0 unspecified atom stereocenters. The summed E-state index contributed by atoms with van der Waals surface area (Å²) in [5.74, 6) is 0. The average molecular weight is 308 g/mol. The highest BCUT2D eigenvalue weighted by molar-refractivity contribution is 6.30. The van der Waals surface area contributed by atoms with E-state index in [0.29, 0.717) is 11.1 Å². The smallest absolute Gasteiger partial charge is 0.321 e. The number of hydrogen-bond acceptors (Lipinski definition) is 2. The van der Waals surface area contributed by atoms with Gasteiger partial charge in [0.05, 0.1) is 0 Å². The molecular weight excluding hydrogens is 286 g/mol. The van der Waals surface area contributed by atoms with Crippen molar-refractivity contribution in [3.8, 4) is 0 Å². The summed E-state index contributed by atoms with van der Waals surface area (Å²) >= 11 is 5.84. The van der Waals surface area contributed by atoms with Gasteiger partial charge in [-0.3, -0.25) is 4.90 Å². The third-order valence-corrected chi connectivity index (χ3v) is 4.65. The molecule has 4 nitrogen and oxygen atoms in total. The number of likely N-dealkylation sites (tertiary alicyclic amines) is 2. The fraction of sp³-hybridized carbons (Fsp3) is 0.562. The van der Waals surface area contributed by atoms with Gasteiger partial charge in [-0.2, -0.15) is 0 Å². The van der Waals surface area contributed by atoms with Crippen molar-refractivity contribution in [3.63, 3.8) is 0 Å². The summed E-state index contributed by atoms with van der Waals surface area (Å²) in [4.78, 5) is 16.6. The van der Waals surface area contributed by atoms with Gasteiger partial charge in [0, 0.05) is 29.8 Å². The van der Waals surface area contributed by atoms with Crippen molar-refractivity contribution in [2.45, 2.75) is 31.7 Å². The molecule has 3 rings (SSSR count). The zero-order valence-corrected chi connectivity index (χ0v) is 13.0. The highest BCUT2D eigenvalue weighted by Gasteiger charge is 2.34. The van der Waals surface area contributed by atoms with Crippen LogP contribution in [0.3, 0.4) is 0 Å². The van der Waals surface area contributed by atoms with Gasteiger partial charge in [0.25, 0.3) is 0 Å². The van der Waals surface area contributed by atoms with E-state index in [1.54, 1.807) is 12.1 Å². The Hall–Kier alpha value is -1.26. The number of halogens is 1. The van der Waals surface area contributed by atoms with Crippen molar-refractivity contribution < 1.29 is 4.79 Å². The Bertz CT molecular complexity index is 477. The van der Waals surface area contributed by atoms with Gasteiger partial charge in [-0.15, -0.1) is 0 Å². The van der Waals surface area contributed by atoms with Crippen molar-refractivity contribution in [3.05, 3.63) is 29.3 Å². The first-order valence-corrected chi connectivity index (χ1v) is 8.16. The van der Waals surface area contributed by atoms with Crippen LogP contribution in [0.5, 0.6) is 0 Å². The minimum atomic E-state index is -0.0107. The molecule has 2 heterocycles. The first-order valence-electron chi connectivity index (χ1n) is 7.78. The van der Waals surface area contributed by atoms with Crippen molar-refractivity contribution in [1.29, 1.82) is 0 Å². The van der Waals surface area contributed by atoms with E-state index in [4.69, 9.17) is 11.6 Å². The summed E-state index contributed by atoms with van der Waals surface area (Å²) in [6.45, 7) is 4.08. The van der Waals surface area contributed by atoms with E-state index in [9.17, 15) is 4.79 Å². The topological polar surface area (TPSA) is 35.6 Å². The van der Waals surface area contributed by atoms with Crippen LogP contribution >= 0.6 is 11.6 Å². The molecule has 2 amide bonds. The summed E-state index contributed by atoms with van der Waals surface area (Å²) in [5, 5.41) is 3.60. The second-order valence-electron chi connectivity index (χ2n) is 5.95. The Labute approximate surface area is 131 Å². The molecule has 1 aromatic carbocycles. The predicted octanol–water partition coefficient (Wildman–Crippen LogP) is 3.43. The summed E-state index contributed by atoms with van der Waals surface area (Å²) in [7, 11) is 0. The average Bonchev–Trinajstić information content (AvgIpc) is 2.69. The lowest BCUT2D eigenvalue weighted by Crippen LogP contribution is -2.62. The number of carbonyl (C=O) groups excluding carboxylic acids is 1. The van der Waals surface area contributed by atoms with Crippen molar-refractivity contribution >= 4 is 23.3 Å². The fourth-order valence-corrected chi connectivity index (χ4v) is 3.17. The highest BCUT2D eigenvalue weighted by atomic mass is 35.5. The molecule has 5 heteroatoms. The molecule has 1 N–H and O–H groups in total. The van der Waals surface area contributed by atoms with Gasteiger partial charge in [0.15, 0.2) is 0 Å². The summed E-state index contributed by atoms with van der Waals surface area (Å²) in [6.07, 6.45) is 5.30. The van der Waals surface area contributed by atoms with E-state index < -0.39 is 0 Å². The fourth-order valence-electron chi connectivity index (χ4n) is 3.05. The van der Waals surface area contributed by atoms with Gasteiger partial charge in [-0.25, -0.2) is 4.79 Å². The number of nitrogens with zero attached hydrogens (tertiary/aromatic N) is 2. The lowest BCUT2D eigenvalue weighted by molar-refractivity contribution is 0.0638. The third kappa shape index (κ3) is 3.69. The first kappa shape index (κ1) is 14.7. The Morgan fingerprint density at radius 3 is 2.29 bits per heavy atom. The van der Waals surface area contributed by atoms with Crippen molar-refractivity contribution in [2.75, 3.05) is 31.5 Å². The maximum atomic E-state index is 12.1. The zero-order chi connectivity index (χ0) is 14.7. The van der Waals surface area contributed by atoms with Crippen molar-refractivity contribution in [2.24, 2.45) is 0 Å². The molecule has 0 atom stereocenters. The summed E-state index contributed by atoms with van der Waals surface area (Å²) < 4.78 is 0. The van der Waals surface area contributed by atoms with Crippen LogP contribution in [0.15, 0.2) is 24.3 Å². The van der Waals surface area contributed by atoms with Crippen LogP contribution < -0.4 is 5.32 Å². The van der Waals surface area contributed by atoms with Gasteiger partial charge < -0.3 is 10.2 Å². The van der Waals surface area contributed by atoms with Crippen LogP contribution in [0.1, 0.15) is 25.7 Å². The number of benzene rings is 1. The van der Waals surface area contributed by atoms with Crippen LogP contribution in [0.2, 0.25) is 5.02 Å². The maximum Gasteiger partial charge on any atom is 0.321 e. The van der Waals surface area contributed by atoms with E-state index in [0.717, 1.165) is 18.8 Å². The minimum Gasteiger partial charge on any atom is -0.321 e. The number of anilines is 1. The second kappa shape index (κ2) is 6.67. The SMILES string of the molecule is O=C(Nc1ccc(Cl)cc1)N1CC(N2CCCCCC2)C1. The number of rotatable bonds is 2. The second-order valence-corrected chi connectivity index (χ2v) is 6.38. The molecule has 21 heavy (non-hydrogen) atoms. The maximum absolute atomic E-state index is 12.1. The third-order valence-electron chi connectivity index (χ3n) is 4.40. The molecule has 114 valence electrons. The van der Waals surface area contributed by atoms with Gasteiger partial charge in [-0.1, -0.05) is 24.4 Å². The van der Waals surface area contributed by atoms with E-state index in [-0.39, 0.29) is 6.03 Å². The van der Waals surface area contributed by atoms with Gasteiger partial charge >= 0.3 is 6.03 Å². The quantitative estimate of drug-likeness (QED) is 0.908. The van der Waals surface area contributed by atoms with E-state index in [1.165, 1.54) is 38.8 Å². The van der Waals surface area contributed by atoms with E-state index in [2.05, 4.69) is 10.2 Å². The van der Waals surface area contributed by atoms with Crippen LogP contribution in [0.4, 0.5) is 10.5 Å². The van der Waals surface area contributed by atoms with Gasteiger partial charge in [-0.05, 0) is 50.2 Å². The summed E-state index contributed by atoms with van der Waals surface area (Å²) in [6, 6.07) is 7.77. The Balaban J connectivity index is 1.46. The molecule has 0 aromatic heterocycles. The number of amides is 2. The Morgan fingerprint density at radius 2 is 1.67 bits per heavy atom. The van der Waals surface area contributed by atoms with Crippen LogP contribution in [-0.2, 0) is 0 Å². The van der Waals surface area contributed by atoms with E-state index in [1.807, 2.05) is 17.0 Å². The number of carbonyl (C=O) groups is 1. The standard InChI is InChI=1S/C16H22ClN3O/c17-13-5-7-14(8-6-13)18-16(21)20-11-15(12-20)19-9-3-1-2-4-10-19/h5-8,15H,1-4,9-12H2,(H,18,21). The molecule has 0 aliphatic carbocycles. The molecule has 0 spiro atoms. The van der Waals surface area contributed by atoms with Crippen LogP contribution in [0.25, 0.3) is 0 Å². The Kier molecular flexibility index (Phi) is 4.66. The predicted molar refractivity (Wildman–Crippen MR) is 85.9 cm³/mol. The van der Waals surface area contributed by atoms with Gasteiger partial charge in [0.1, 0.15) is 0 Å². The molecule has 2 fully saturated rings.